The van der Waals surface area contributed by atoms with E-state index in [1.165, 1.54) is 12.1 Å². The summed E-state index contributed by atoms with van der Waals surface area (Å²) in [6, 6.07) is 3.76. The molecule has 1 N–H and O–H groups in total. The number of rotatable bonds is 5. The van der Waals surface area contributed by atoms with Crippen LogP contribution in [-0.4, -0.2) is 24.9 Å². The number of carbonyl (C=O) groups is 2. The first-order chi connectivity index (χ1) is 14.9. The lowest BCUT2D eigenvalue weighted by atomic mass is 10.1. The second kappa shape index (κ2) is 9.31. The largest absolute Gasteiger partial charge is 0.425 e. The van der Waals surface area contributed by atoms with Crippen LogP contribution in [0.2, 0.25) is 0 Å². The molecule has 7 nitrogen and oxygen atoms in total. The van der Waals surface area contributed by atoms with Gasteiger partial charge in [-0.2, -0.15) is 17.2 Å². The molecule has 32 heavy (non-hydrogen) atoms. The van der Waals surface area contributed by atoms with Crippen LogP contribution in [-0.2, 0) is 14.9 Å². The predicted molar refractivity (Wildman–Crippen MR) is 108 cm³/mol. The minimum atomic E-state index is -5.67. The van der Waals surface area contributed by atoms with Gasteiger partial charge in [-0.3, -0.25) is 9.35 Å². The normalized spacial score (nSPS) is 14.4. The number of hydrogen-bond donors (Lipinski definition) is 1. The summed E-state index contributed by atoms with van der Waals surface area (Å²) in [5.41, 5.74) is -0.477. The Morgan fingerprint density at radius 2 is 1.53 bits per heavy atom. The maximum absolute atomic E-state index is 14.2. The summed E-state index contributed by atoms with van der Waals surface area (Å²) in [4.78, 5) is 22.5. The second-order valence-electron chi connectivity index (χ2n) is 6.82. The van der Waals surface area contributed by atoms with Gasteiger partial charge in [0.05, 0.1) is 5.92 Å². The van der Waals surface area contributed by atoms with Crippen molar-refractivity contribution in [2.24, 2.45) is 5.92 Å². The highest BCUT2D eigenvalue weighted by Crippen LogP contribution is 2.34. The van der Waals surface area contributed by atoms with Crippen molar-refractivity contribution in [3.63, 3.8) is 0 Å². The molecule has 0 atom stereocenters. The Balaban J connectivity index is 1.97. The highest BCUT2D eigenvalue weighted by molar-refractivity contribution is 14.1. The van der Waals surface area contributed by atoms with Crippen molar-refractivity contribution >= 4 is 44.6 Å². The Hall–Kier alpha value is -2.26. The van der Waals surface area contributed by atoms with Crippen molar-refractivity contribution in [2.75, 3.05) is 0 Å². The molecule has 1 aliphatic rings. The van der Waals surface area contributed by atoms with E-state index in [1.54, 1.807) is 0 Å². The smallest absolute Gasteiger partial charge is 0.347 e. The van der Waals surface area contributed by atoms with Crippen LogP contribution in [0.25, 0.3) is 0 Å². The predicted octanol–water partition coefficient (Wildman–Crippen LogP) is 4.41. The summed E-state index contributed by atoms with van der Waals surface area (Å²) in [5.74, 6) is -14.4. The SMILES string of the molecule is O=C(Oc1c(F)c(F)c(S(=O)(=O)O)c(F)c1F)c1ccc(I)cc1OC(=O)C1CCCC1. The number of benzene rings is 2. The third kappa shape index (κ3) is 4.88. The van der Waals surface area contributed by atoms with Crippen LogP contribution in [0, 0.1) is 32.8 Å². The third-order valence-electron chi connectivity index (χ3n) is 4.70. The van der Waals surface area contributed by atoms with E-state index < -0.39 is 61.5 Å². The van der Waals surface area contributed by atoms with E-state index >= 15 is 0 Å². The molecule has 0 aromatic heterocycles. The zero-order chi connectivity index (χ0) is 23.8. The molecule has 0 aliphatic heterocycles. The molecule has 1 aliphatic carbocycles. The molecular formula is C19H13F4IO7S. The molecular weight excluding hydrogens is 575 g/mol. The number of esters is 2. The number of ether oxygens (including phenoxy) is 2. The zero-order valence-electron chi connectivity index (χ0n) is 15.8. The fraction of sp³-hybridized carbons (Fsp3) is 0.263. The molecule has 0 heterocycles. The molecule has 0 radical (unpaired) electrons. The van der Waals surface area contributed by atoms with E-state index in [4.69, 9.17) is 9.29 Å². The first-order valence-electron chi connectivity index (χ1n) is 8.98. The van der Waals surface area contributed by atoms with Gasteiger partial charge in [-0.05, 0) is 53.6 Å². The van der Waals surface area contributed by atoms with Crippen LogP contribution in [0.5, 0.6) is 11.5 Å². The van der Waals surface area contributed by atoms with Gasteiger partial charge < -0.3 is 9.47 Å². The Kier molecular flexibility index (Phi) is 7.09. The lowest BCUT2D eigenvalue weighted by molar-refractivity contribution is -0.138. The lowest BCUT2D eigenvalue weighted by Gasteiger charge is -2.14. The second-order valence-corrected chi connectivity index (χ2v) is 9.43. The van der Waals surface area contributed by atoms with Crippen LogP contribution < -0.4 is 9.47 Å². The molecule has 0 bridgehead atoms. The fourth-order valence-electron chi connectivity index (χ4n) is 3.16. The summed E-state index contributed by atoms with van der Waals surface area (Å²) in [5, 5.41) is 0. The van der Waals surface area contributed by atoms with Crippen LogP contribution in [0.4, 0.5) is 17.6 Å². The monoisotopic (exact) mass is 588 g/mol. The van der Waals surface area contributed by atoms with Crippen molar-refractivity contribution < 1.29 is 49.6 Å². The van der Waals surface area contributed by atoms with Crippen LogP contribution in [0.3, 0.4) is 0 Å². The van der Waals surface area contributed by atoms with E-state index in [0.717, 1.165) is 18.9 Å². The zero-order valence-corrected chi connectivity index (χ0v) is 18.8. The number of hydrogen-bond acceptors (Lipinski definition) is 6. The van der Waals surface area contributed by atoms with Gasteiger partial charge in [-0.25, -0.2) is 13.6 Å². The van der Waals surface area contributed by atoms with Gasteiger partial charge in [0.1, 0.15) is 11.3 Å². The topological polar surface area (TPSA) is 107 Å². The molecule has 1 saturated carbocycles. The summed E-state index contributed by atoms with van der Waals surface area (Å²) in [6.07, 6.45) is 2.85. The lowest BCUT2D eigenvalue weighted by Crippen LogP contribution is -2.21. The molecule has 0 saturated heterocycles. The van der Waals surface area contributed by atoms with Crippen molar-refractivity contribution in [1.82, 2.24) is 0 Å². The van der Waals surface area contributed by atoms with Crippen molar-refractivity contribution in [3.05, 3.63) is 50.6 Å². The van der Waals surface area contributed by atoms with Gasteiger partial charge in [0.2, 0.25) is 17.4 Å². The molecule has 3 rings (SSSR count). The van der Waals surface area contributed by atoms with Crippen LogP contribution in [0.1, 0.15) is 36.0 Å². The molecule has 1 fully saturated rings. The summed E-state index contributed by atoms with van der Waals surface area (Å²) < 4.78 is 97.2. The van der Waals surface area contributed by atoms with Gasteiger partial charge in [0.15, 0.2) is 16.5 Å². The molecule has 13 heteroatoms. The van der Waals surface area contributed by atoms with E-state index in [1.807, 2.05) is 22.6 Å². The molecule has 0 spiro atoms. The molecule has 172 valence electrons. The average Bonchev–Trinajstić information content (AvgIpc) is 3.24. The Morgan fingerprint density at radius 1 is 0.969 bits per heavy atom. The van der Waals surface area contributed by atoms with Gasteiger partial charge in [-0.15, -0.1) is 0 Å². The van der Waals surface area contributed by atoms with E-state index in [-0.39, 0.29) is 11.7 Å². The van der Waals surface area contributed by atoms with Crippen LogP contribution >= 0.6 is 22.6 Å². The van der Waals surface area contributed by atoms with E-state index in [2.05, 4.69) is 4.74 Å². The maximum Gasteiger partial charge on any atom is 0.347 e. The quantitative estimate of drug-likeness (QED) is 0.138. The first kappa shape index (κ1) is 24.4. The van der Waals surface area contributed by atoms with E-state index in [9.17, 15) is 35.6 Å². The minimum absolute atomic E-state index is 0.296. The van der Waals surface area contributed by atoms with Gasteiger partial charge in [-0.1, -0.05) is 12.8 Å². The van der Waals surface area contributed by atoms with Gasteiger partial charge in [0.25, 0.3) is 0 Å². The van der Waals surface area contributed by atoms with Crippen LogP contribution in [0.15, 0.2) is 23.1 Å². The molecule has 2 aromatic rings. The Bertz CT molecular complexity index is 1180. The highest BCUT2D eigenvalue weighted by atomic mass is 127. The molecule has 2 aromatic carbocycles. The van der Waals surface area contributed by atoms with Gasteiger partial charge >= 0.3 is 22.1 Å². The fourth-order valence-corrected chi connectivity index (χ4v) is 4.25. The summed E-state index contributed by atoms with van der Waals surface area (Å²) in [6.45, 7) is 0. The summed E-state index contributed by atoms with van der Waals surface area (Å²) >= 11 is 1.85. The highest BCUT2D eigenvalue weighted by Gasteiger charge is 2.35. The standard InChI is InChI=1S/C19H13F4IO7S/c20-12-14(22)17(32(27,28)29)15(23)13(21)16(12)31-19(26)10-6-5-9(24)7-11(10)30-18(25)8-3-1-2-4-8/h5-8H,1-4H2,(H,27,28,29). The molecule has 0 unspecified atom stereocenters. The van der Waals surface area contributed by atoms with Crippen molar-refractivity contribution in [1.29, 1.82) is 0 Å². The minimum Gasteiger partial charge on any atom is -0.425 e. The average molecular weight is 588 g/mol. The number of carbonyl (C=O) groups excluding carboxylic acids is 2. The first-order valence-corrected chi connectivity index (χ1v) is 11.5. The van der Waals surface area contributed by atoms with Crippen molar-refractivity contribution in [2.45, 2.75) is 30.6 Å². The van der Waals surface area contributed by atoms with Gasteiger partial charge in [0, 0.05) is 3.57 Å². The maximum atomic E-state index is 14.2. The Labute approximate surface area is 192 Å². The Morgan fingerprint density at radius 3 is 2.06 bits per heavy atom. The van der Waals surface area contributed by atoms with E-state index in [0.29, 0.717) is 16.4 Å². The number of halogens is 5. The summed E-state index contributed by atoms with van der Waals surface area (Å²) in [7, 11) is -5.67. The van der Waals surface area contributed by atoms with Crippen molar-refractivity contribution in [3.8, 4) is 11.5 Å². The molecule has 0 amide bonds. The third-order valence-corrected chi connectivity index (χ3v) is 6.24.